The fourth-order valence-corrected chi connectivity index (χ4v) is 6.12. The molecule has 0 aliphatic rings. The van der Waals surface area contributed by atoms with Gasteiger partial charge < -0.3 is 21.3 Å². The number of amides is 2. The van der Waals surface area contributed by atoms with Crippen molar-refractivity contribution in [2.75, 3.05) is 13.1 Å². The first-order valence-electron chi connectivity index (χ1n) is 16.7. The van der Waals surface area contributed by atoms with E-state index in [1.807, 2.05) is 0 Å². The highest BCUT2D eigenvalue weighted by Crippen LogP contribution is 2.41. The Morgan fingerprint density at radius 2 is 1.40 bits per heavy atom. The van der Waals surface area contributed by atoms with E-state index in [1.165, 1.54) is 52.0 Å². The van der Waals surface area contributed by atoms with Gasteiger partial charge in [-0.1, -0.05) is 96.2 Å². The Kier molecular flexibility index (Phi) is 14.8. The maximum Gasteiger partial charge on any atom is 0.326 e. The molecule has 2 amide bonds. The summed E-state index contributed by atoms with van der Waals surface area (Å²) in [5.74, 6) is -0.856. The standard InChI is InChI=1S/C38H53N5O7/c1-9-20-42(21-10-2)31(23-27-16-18-29(44)19-17-27)33(46)37(39,28-14-12-11-13-15-28)38(32(45)25(5)6,43(40)34(47)26(7)8)36(50)41-30(35(48)49)22-24(3)4/h9-19,24-26,30-31,44H,1-2,20-23,39-40H2,3-8H3,(H,41,50)(H,48,49)/t30-,31-,37?,38+/m0/s1. The number of carboxylic acid groups (broad SMARTS) is 1. The number of rotatable bonds is 20. The molecule has 0 aliphatic heterocycles. The van der Waals surface area contributed by atoms with E-state index >= 15 is 9.59 Å². The highest BCUT2D eigenvalue weighted by molar-refractivity contribution is 6.20. The smallest absolute Gasteiger partial charge is 0.326 e. The highest BCUT2D eigenvalue weighted by atomic mass is 16.4. The molecule has 2 aromatic rings. The first kappa shape index (κ1) is 41.5. The van der Waals surface area contributed by atoms with Crippen molar-refractivity contribution in [1.82, 2.24) is 15.2 Å². The predicted molar refractivity (Wildman–Crippen MR) is 192 cm³/mol. The van der Waals surface area contributed by atoms with Crippen molar-refractivity contribution in [3.63, 3.8) is 0 Å². The molecule has 1 unspecified atom stereocenters. The van der Waals surface area contributed by atoms with E-state index in [1.54, 1.807) is 61.2 Å². The number of hydrazine groups is 1. The van der Waals surface area contributed by atoms with E-state index in [2.05, 4.69) is 18.5 Å². The average Bonchev–Trinajstić information content (AvgIpc) is 3.06. The third-order valence-corrected chi connectivity index (χ3v) is 8.64. The van der Waals surface area contributed by atoms with Crippen LogP contribution in [0.5, 0.6) is 5.75 Å². The second kappa shape index (κ2) is 17.8. The van der Waals surface area contributed by atoms with Crippen LogP contribution in [0.3, 0.4) is 0 Å². The zero-order chi connectivity index (χ0) is 38.0. The van der Waals surface area contributed by atoms with Crippen LogP contribution in [-0.4, -0.2) is 80.2 Å². The predicted octanol–water partition coefficient (Wildman–Crippen LogP) is 3.34. The Bertz CT molecular complexity index is 1520. The maximum atomic E-state index is 15.7. The number of nitrogens with one attached hydrogen (secondary N) is 1. The van der Waals surface area contributed by atoms with Crippen LogP contribution in [0, 0.1) is 17.8 Å². The SMILES string of the molecule is C=CCN(CC=C)[C@@H](Cc1ccc(O)cc1)C(=O)C(N)(c1ccccc1)[C@](C(=O)N[C@@H](CC(C)C)C(=O)O)(C(=O)C(C)C)N(N)C(=O)C(C)C. The summed E-state index contributed by atoms with van der Waals surface area (Å²) in [4.78, 5) is 73.8. The monoisotopic (exact) mass is 691 g/mol. The number of hydrogen-bond donors (Lipinski definition) is 5. The van der Waals surface area contributed by atoms with Crippen LogP contribution in [0.1, 0.15) is 59.1 Å². The summed E-state index contributed by atoms with van der Waals surface area (Å²) in [5.41, 5.74) is 2.31. The van der Waals surface area contributed by atoms with Crippen LogP contribution in [0.4, 0.5) is 0 Å². The van der Waals surface area contributed by atoms with Gasteiger partial charge in [-0.05, 0) is 42.0 Å². The number of hydrogen-bond acceptors (Lipinski definition) is 9. The Morgan fingerprint density at radius 3 is 1.84 bits per heavy atom. The lowest BCUT2D eigenvalue weighted by Gasteiger charge is -2.51. The van der Waals surface area contributed by atoms with E-state index in [4.69, 9.17) is 11.6 Å². The second-order valence-electron chi connectivity index (χ2n) is 13.5. The topological polar surface area (TPSA) is 196 Å². The molecule has 0 saturated carbocycles. The van der Waals surface area contributed by atoms with Crippen molar-refractivity contribution in [1.29, 1.82) is 0 Å². The van der Waals surface area contributed by atoms with Gasteiger partial charge in [0, 0.05) is 24.9 Å². The van der Waals surface area contributed by atoms with Gasteiger partial charge in [0.15, 0.2) is 11.6 Å². The number of carboxylic acids is 1. The van der Waals surface area contributed by atoms with E-state index < -0.39 is 64.3 Å². The Labute approximate surface area is 295 Å². The number of phenols is 1. The van der Waals surface area contributed by atoms with E-state index in [9.17, 15) is 24.6 Å². The molecular weight excluding hydrogens is 638 g/mol. The zero-order valence-corrected chi connectivity index (χ0v) is 30.0. The van der Waals surface area contributed by atoms with Gasteiger partial charge in [-0.15, -0.1) is 13.2 Å². The lowest BCUT2D eigenvalue weighted by Crippen LogP contribution is -2.83. The summed E-state index contributed by atoms with van der Waals surface area (Å²) >= 11 is 0. The molecule has 12 nitrogen and oxygen atoms in total. The van der Waals surface area contributed by atoms with Crippen LogP contribution in [-0.2, 0) is 35.9 Å². The molecule has 2 rings (SSSR count). The summed E-state index contributed by atoms with van der Waals surface area (Å²) in [6.45, 7) is 17.5. The van der Waals surface area contributed by atoms with Crippen molar-refractivity contribution < 1.29 is 34.2 Å². The van der Waals surface area contributed by atoms with Gasteiger partial charge in [-0.2, -0.15) is 0 Å². The van der Waals surface area contributed by atoms with Crippen LogP contribution in [0.25, 0.3) is 0 Å². The van der Waals surface area contributed by atoms with Crippen molar-refractivity contribution in [2.45, 2.75) is 77.5 Å². The van der Waals surface area contributed by atoms with E-state index in [0.29, 0.717) is 10.6 Å². The van der Waals surface area contributed by atoms with Gasteiger partial charge in [0.1, 0.15) is 17.3 Å². The van der Waals surface area contributed by atoms with Gasteiger partial charge in [0.25, 0.3) is 5.91 Å². The van der Waals surface area contributed by atoms with Crippen molar-refractivity contribution in [2.24, 2.45) is 29.3 Å². The number of nitrogens with zero attached hydrogens (tertiary/aromatic N) is 2. The minimum atomic E-state index is -2.99. The first-order chi connectivity index (χ1) is 23.4. The average molecular weight is 692 g/mol. The van der Waals surface area contributed by atoms with Crippen LogP contribution < -0.4 is 16.9 Å². The van der Waals surface area contributed by atoms with Crippen molar-refractivity contribution in [3.8, 4) is 5.75 Å². The molecule has 0 aromatic heterocycles. The fourth-order valence-electron chi connectivity index (χ4n) is 6.12. The second-order valence-corrected chi connectivity index (χ2v) is 13.5. The first-order valence-corrected chi connectivity index (χ1v) is 16.7. The Hall–Kier alpha value is -4.65. The van der Waals surface area contributed by atoms with Gasteiger partial charge >= 0.3 is 5.97 Å². The van der Waals surface area contributed by atoms with Crippen molar-refractivity contribution >= 4 is 29.4 Å². The third-order valence-electron chi connectivity index (χ3n) is 8.64. The van der Waals surface area contributed by atoms with Gasteiger partial charge in [0.2, 0.25) is 11.4 Å². The van der Waals surface area contributed by atoms with E-state index in [0.717, 1.165) is 0 Å². The molecule has 0 heterocycles. The minimum absolute atomic E-state index is 0.00157. The lowest BCUT2D eigenvalue weighted by atomic mass is 9.62. The molecular formula is C38H53N5O7. The fraction of sp³-hybridized carbons (Fsp3) is 0.447. The van der Waals surface area contributed by atoms with Crippen LogP contribution in [0.15, 0.2) is 79.9 Å². The molecule has 7 N–H and O–H groups in total. The minimum Gasteiger partial charge on any atom is -0.508 e. The molecule has 0 radical (unpaired) electrons. The number of aromatic hydroxyl groups is 1. The van der Waals surface area contributed by atoms with Gasteiger partial charge in [-0.3, -0.25) is 29.1 Å². The summed E-state index contributed by atoms with van der Waals surface area (Å²) in [6, 6.07) is 11.2. The summed E-state index contributed by atoms with van der Waals surface area (Å²) in [6.07, 6.45) is 3.08. The molecule has 2 aromatic carbocycles. The molecule has 0 aliphatic carbocycles. The summed E-state index contributed by atoms with van der Waals surface area (Å²) in [5, 5.41) is 23.0. The third kappa shape index (κ3) is 8.73. The number of benzene rings is 2. The molecule has 272 valence electrons. The molecule has 0 bridgehead atoms. The normalized spacial score (nSPS) is 15.1. The number of phenolic OH excluding ortho intramolecular Hbond substituents is 1. The Morgan fingerprint density at radius 1 is 0.860 bits per heavy atom. The molecule has 12 heteroatoms. The summed E-state index contributed by atoms with van der Waals surface area (Å²) in [7, 11) is 0. The number of carbonyl (C=O) groups excluding carboxylic acids is 4. The summed E-state index contributed by atoms with van der Waals surface area (Å²) < 4.78 is 0. The number of nitrogens with two attached hydrogens (primary N) is 2. The zero-order valence-electron chi connectivity index (χ0n) is 30.0. The van der Waals surface area contributed by atoms with Gasteiger partial charge in [0.05, 0.1) is 6.04 Å². The van der Waals surface area contributed by atoms with Crippen LogP contribution in [0.2, 0.25) is 0 Å². The molecule has 50 heavy (non-hydrogen) atoms. The van der Waals surface area contributed by atoms with E-state index in [-0.39, 0.29) is 43.2 Å². The number of aliphatic carboxylic acids is 1. The highest BCUT2D eigenvalue weighted by Gasteiger charge is 2.69. The van der Waals surface area contributed by atoms with Gasteiger partial charge in [-0.25, -0.2) is 10.6 Å². The van der Waals surface area contributed by atoms with Crippen molar-refractivity contribution in [3.05, 3.63) is 91.0 Å². The molecule has 0 fully saturated rings. The van der Waals surface area contributed by atoms with Crippen LogP contribution >= 0.6 is 0 Å². The quantitative estimate of drug-likeness (QED) is 0.0452. The lowest BCUT2D eigenvalue weighted by molar-refractivity contribution is -0.170. The number of ketones is 2. The molecule has 4 atom stereocenters. The molecule has 0 spiro atoms. The Balaban J connectivity index is 3.22. The number of carbonyl (C=O) groups is 5. The number of Topliss-reactive ketones (excluding diaryl/α,β-unsaturated/α-hetero) is 2. The molecule has 0 saturated heterocycles. The maximum absolute atomic E-state index is 15.7. The largest absolute Gasteiger partial charge is 0.508 e.